The molecule has 1 aromatic rings. The summed E-state index contributed by atoms with van der Waals surface area (Å²) >= 11 is 0. The van der Waals surface area contributed by atoms with Crippen LogP contribution in [-0.4, -0.2) is 11.7 Å². The smallest absolute Gasteiger partial charge is 0.146 e. The van der Waals surface area contributed by atoms with E-state index in [1.165, 1.54) is 0 Å². The van der Waals surface area contributed by atoms with Gasteiger partial charge >= 0.3 is 0 Å². The van der Waals surface area contributed by atoms with Crippen LogP contribution in [0.5, 0.6) is 11.5 Å². The highest BCUT2D eigenvalue weighted by molar-refractivity contribution is 5.62. The van der Waals surface area contributed by atoms with Crippen LogP contribution in [-0.2, 0) is 0 Å². The van der Waals surface area contributed by atoms with E-state index in [1.54, 1.807) is 12.1 Å². The average molecular weight is 180 g/mol. The van der Waals surface area contributed by atoms with Crippen molar-refractivity contribution in [1.82, 2.24) is 0 Å². The Morgan fingerprint density at radius 1 is 1.46 bits per heavy atom. The molecule has 4 nitrogen and oxygen atoms in total. The van der Waals surface area contributed by atoms with Crippen molar-refractivity contribution in [2.45, 2.75) is 12.5 Å². The Hall–Kier alpha value is -1.42. The van der Waals surface area contributed by atoms with Crippen LogP contribution in [0.25, 0.3) is 0 Å². The minimum absolute atomic E-state index is 0.0599. The number of ether oxygens (including phenoxy) is 1. The minimum atomic E-state index is -0.174. The molecule has 70 valence electrons. The van der Waals surface area contributed by atoms with Gasteiger partial charge in [0, 0.05) is 12.5 Å². The second-order valence-electron chi connectivity index (χ2n) is 3.16. The molecule has 0 saturated heterocycles. The third kappa shape index (κ3) is 1.19. The number of hydrogen-bond acceptors (Lipinski definition) is 4. The highest BCUT2D eigenvalue weighted by atomic mass is 16.5. The van der Waals surface area contributed by atoms with Crippen molar-refractivity contribution in [3.8, 4) is 11.5 Å². The number of nitrogen functional groups attached to an aromatic ring is 1. The van der Waals surface area contributed by atoms with Crippen LogP contribution in [0.1, 0.15) is 18.0 Å². The van der Waals surface area contributed by atoms with Gasteiger partial charge < -0.3 is 21.3 Å². The summed E-state index contributed by atoms with van der Waals surface area (Å²) in [5, 5.41) is 9.63. The summed E-state index contributed by atoms with van der Waals surface area (Å²) in [6.45, 7) is 0.595. The van der Waals surface area contributed by atoms with E-state index < -0.39 is 0 Å². The first-order chi connectivity index (χ1) is 6.20. The summed E-state index contributed by atoms with van der Waals surface area (Å²) < 4.78 is 5.33. The molecule has 0 unspecified atom stereocenters. The van der Waals surface area contributed by atoms with Gasteiger partial charge in [0.15, 0.2) is 0 Å². The zero-order valence-corrected chi connectivity index (χ0v) is 7.16. The molecule has 1 aliphatic rings. The van der Waals surface area contributed by atoms with Crippen molar-refractivity contribution >= 4 is 5.69 Å². The lowest BCUT2D eigenvalue weighted by molar-refractivity contribution is 0.264. The first-order valence-electron chi connectivity index (χ1n) is 4.20. The zero-order chi connectivity index (χ0) is 9.42. The second-order valence-corrected chi connectivity index (χ2v) is 3.16. The van der Waals surface area contributed by atoms with Gasteiger partial charge in [0.2, 0.25) is 0 Å². The van der Waals surface area contributed by atoms with Crippen LogP contribution < -0.4 is 16.2 Å². The minimum Gasteiger partial charge on any atom is -0.505 e. The van der Waals surface area contributed by atoms with Crippen molar-refractivity contribution < 1.29 is 9.84 Å². The molecular formula is C9H12N2O2. The lowest BCUT2D eigenvalue weighted by atomic mass is 9.99. The molecule has 0 fully saturated rings. The van der Waals surface area contributed by atoms with Crippen LogP contribution >= 0.6 is 0 Å². The SMILES string of the molecule is Nc1ccc2c(c1O)[C@H](N)CCO2. The first kappa shape index (κ1) is 8.19. The molecular weight excluding hydrogens is 168 g/mol. The Kier molecular flexibility index (Phi) is 1.77. The van der Waals surface area contributed by atoms with Gasteiger partial charge in [0.05, 0.1) is 17.9 Å². The molecule has 4 heteroatoms. The van der Waals surface area contributed by atoms with Crippen LogP contribution in [0.15, 0.2) is 12.1 Å². The number of benzene rings is 1. The Morgan fingerprint density at radius 2 is 2.23 bits per heavy atom. The Morgan fingerprint density at radius 3 is 3.00 bits per heavy atom. The van der Waals surface area contributed by atoms with Gasteiger partial charge in [-0.2, -0.15) is 0 Å². The molecule has 0 spiro atoms. The third-order valence-corrected chi connectivity index (χ3v) is 2.27. The van der Waals surface area contributed by atoms with E-state index >= 15 is 0 Å². The Balaban J connectivity index is 2.58. The number of phenolic OH excluding ortho intramolecular Hbond substituents is 1. The summed E-state index contributed by atoms with van der Waals surface area (Å²) in [6, 6.07) is 3.18. The lowest BCUT2D eigenvalue weighted by Crippen LogP contribution is -2.20. The van der Waals surface area contributed by atoms with E-state index in [0.29, 0.717) is 30.0 Å². The monoisotopic (exact) mass is 180 g/mol. The fourth-order valence-electron chi connectivity index (χ4n) is 1.53. The molecule has 0 radical (unpaired) electrons. The van der Waals surface area contributed by atoms with E-state index in [9.17, 15) is 5.11 Å². The van der Waals surface area contributed by atoms with Gasteiger partial charge in [-0.25, -0.2) is 0 Å². The lowest BCUT2D eigenvalue weighted by Gasteiger charge is -2.24. The van der Waals surface area contributed by atoms with Gasteiger partial charge in [-0.1, -0.05) is 0 Å². The maximum atomic E-state index is 9.63. The molecule has 0 amide bonds. The topological polar surface area (TPSA) is 81.5 Å². The van der Waals surface area contributed by atoms with E-state index in [0.717, 1.165) is 0 Å². The van der Waals surface area contributed by atoms with Gasteiger partial charge in [-0.3, -0.25) is 0 Å². The van der Waals surface area contributed by atoms with Gasteiger partial charge in [-0.15, -0.1) is 0 Å². The number of rotatable bonds is 0. The number of nitrogens with two attached hydrogens (primary N) is 2. The van der Waals surface area contributed by atoms with E-state index in [-0.39, 0.29) is 11.8 Å². The molecule has 2 rings (SSSR count). The highest BCUT2D eigenvalue weighted by Crippen LogP contribution is 2.40. The predicted octanol–water partition coefficient (Wildman–Crippen LogP) is 0.757. The van der Waals surface area contributed by atoms with Crippen molar-refractivity contribution in [3.05, 3.63) is 17.7 Å². The quantitative estimate of drug-likeness (QED) is 0.406. The summed E-state index contributed by atoms with van der Waals surface area (Å²) in [6.07, 6.45) is 0.712. The van der Waals surface area contributed by atoms with Crippen LogP contribution in [0.2, 0.25) is 0 Å². The maximum Gasteiger partial charge on any atom is 0.146 e. The van der Waals surface area contributed by atoms with Crippen LogP contribution in [0.3, 0.4) is 0 Å². The molecule has 1 aliphatic heterocycles. The molecule has 1 heterocycles. The average Bonchev–Trinajstić information content (AvgIpc) is 2.12. The highest BCUT2D eigenvalue weighted by Gasteiger charge is 2.22. The Bertz CT molecular complexity index is 339. The second kappa shape index (κ2) is 2.81. The summed E-state index contributed by atoms with van der Waals surface area (Å²) in [5.41, 5.74) is 12.3. The third-order valence-electron chi connectivity index (χ3n) is 2.27. The Labute approximate surface area is 76.1 Å². The molecule has 0 bridgehead atoms. The van der Waals surface area contributed by atoms with Gasteiger partial charge in [-0.05, 0) is 12.1 Å². The molecule has 1 aromatic carbocycles. The van der Waals surface area contributed by atoms with Crippen molar-refractivity contribution in [2.75, 3.05) is 12.3 Å². The number of anilines is 1. The molecule has 5 N–H and O–H groups in total. The van der Waals surface area contributed by atoms with Crippen molar-refractivity contribution in [1.29, 1.82) is 0 Å². The van der Waals surface area contributed by atoms with E-state index in [2.05, 4.69) is 0 Å². The zero-order valence-electron chi connectivity index (χ0n) is 7.16. The van der Waals surface area contributed by atoms with Gasteiger partial charge in [0.25, 0.3) is 0 Å². The van der Waals surface area contributed by atoms with Crippen LogP contribution in [0, 0.1) is 0 Å². The van der Waals surface area contributed by atoms with Crippen molar-refractivity contribution in [2.24, 2.45) is 5.73 Å². The first-order valence-corrected chi connectivity index (χ1v) is 4.20. The number of hydrogen-bond donors (Lipinski definition) is 3. The van der Waals surface area contributed by atoms with E-state index in [4.69, 9.17) is 16.2 Å². The summed E-state index contributed by atoms with van der Waals surface area (Å²) in [7, 11) is 0. The van der Waals surface area contributed by atoms with E-state index in [1.807, 2.05) is 0 Å². The number of fused-ring (bicyclic) bond motifs is 1. The largest absolute Gasteiger partial charge is 0.505 e. The molecule has 13 heavy (non-hydrogen) atoms. The standard InChI is InChI=1S/C9H12N2O2/c10-5-3-4-13-7-2-1-6(11)9(12)8(5)7/h1-2,5,12H,3-4,10-11H2/t5-/m1/s1. The molecule has 0 aliphatic carbocycles. The summed E-state index contributed by atoms with van der Waals surface area (Å²) in [5.74, 6) is 0.704. The molecule has 0 aromatic heterocycles. The predicted molar refractivity (Wildman–Crippen MR) is 49.6 cm³/mol. The molecule has 1 atom stereocenters. The summed E-state index contributed by atoms with van der Waals surface area (Å²) in [4.78, 5) is 0. The number of aromatic hydroxyl groups is 1. The fraction of sp³-hybridized carbons (Fsp3) is 0.333. The molecule has 0 saturated carbocycles. The maximum absolute atomic E-state index is 9.63. The van der Waals surface area contributed by atoms with Gasteiger partial charge in [0.1, 0.15) is 11.5 Å². The van der Waals surface area contributed by atoms with Crippen molar-refractivity contribution in [3.63, 3.8) is 0 Å². The normalized spacial score (nSPS) is 20.5. The van der Waals surface area contributed by atoms with Crippen LogP contribution in [0.4, 0.5) is 5.69 Å². The number of phenols is 1. The fourth-order valence-corrected chi connectivity index (χ4v) is 1.53.